The van der Waals surface area contributed by atoms with E-state index in [1.165, 1.54) is 0 Å². The summed E-state index contributed by atoms with van der Waals surface area (Å²) >= 11 is 1.57. The van der Waals surface area contributed by atoms with E-state index < -0.39 is 0 Å². The second-order valence-electron chi connectivity index (χ2n) is 5.90. The van der Waals surface area contributed by atoms with Crippen LogP contribution in [0.3, 0.4) is 0 Å². The van der Waals surface area contributed by atoms with Gasteiger partial charge in [0.05, 0.1) is 13.0 Å². The number of aryl methyl sites for hydroxylation is 1. The third-order valence-electron chi connectivity index (χ3n) is 3.97. The number of ether oxygens (including phenoxy) is 1. The number of amides is 1. The molecule has 0 bridgehead atoms. The molecular weight excluding hydrogens is 342 g/mol. The molecule has 25 heavy (non-hydrogen) atoms. The molecule has 1 aliphatic rings. The van der Waals surface area contributed by atoms with Crippen molar-refractivity contribution in [3.8, 4) is 11.4 Å². The molecule has 0 aliphatic heterocycles. The fourth-order valence-corrected chi connectivity index (χ4v) is 3.20. The zero-order valence-corrected chi connectivity index (χ0v) is 15.0. The molecule has 2 aromatic heterocycles. The minimum Gasteiger partial charge on any atom is -0.466 e. The second-order valence-corrected chi connectivity index (χ2v) is 6.68. The van der Waals surface area contributed by atoms with Gasteiger partial charge in [-0.3, -0.25) is 9.59 Å². The highest BCUT2D eigenvalue weighted by Crippen LogP contribution is 2.28. The molecule has 2 heterocycles. The molecule has 1 amide bonds. The Bertz CT molecular complexity index is 709. The Morgan fingerprint density at radius 3 is 2.92 bits per heavy atom. The summed E-state index contributed by atoms with van der Waals surface area (Å²) in [6.07, 6.45) is 2.93. The maximum Gasteiger partial charge on any atom is 0.307 e. The Balaban J connectivity index is 1.50. The standard InChI is InChI=1S/C17H21N3O4S/c1-2-23-16(22)7-9-20(13-3-4-13)15(21)6-5-14-18-17(19-24-14)12-8-10-25-11-12/h8,10-11,13H,2-7,9H2,1H3. The molecular formula is C17H21N3O4S. The lowest BCUT2D eigenvalue weighted by atomic mass is 10.2. The molecule has 0 saturated heterocycles. The number of hydrogen-bond acceptors (Lipinski definition) is 7. The van der Waals surface area contributed by atoms with E-state index >= 15 is 0 Å². The van der Waals surface area contributed by atoms with Crippen LogP contribution in [-0.4, -0.2) is 46.1 Å². The van der Waals surface area contributed by atoms with Crippen molar-refractivity contribution >= 4 is 23.2 Å². The Labute approximate surface area is 150 Å². The van der Waals surface area contributed by atoms with Crippen LogP contribution in [0.2, 0.25) is 0 Å². The normalized spacial score (nSPS) is 13.6. The lowest BCUT2D eigenvalue weighted by Gasteiger charge is -2.21. The van der Waals surface area contributed by atoms with Gasteiger partial charge >= 0.3 is 5.97 Å². The molecule has 3 rings (SSSR count). The van der Waals surface area contributed by atoms with E-state index in [0.717, 1.165) is 18.4 Å². The van der Waals surface area contributed by atoms with Crippen LogP contribution < -0.4 is 0 Å². The van der Waals surface area contributed by atoms with Crippen molar-refractivity contribution in [1.82, 2.24) is 15.0 Å². The van der Waals surface area contributed by atoms with Crippen LogP contribution in [0.5, 0.6) is 0 Å². The average Bonchev–Trinajstić information content (AvgIpc) is 3.11. The summed E-state index contributed by atoms with van der Waals surface area (Å²) in [6.45, 7) is 2.54. The molecule has 1 fully saturated rings. The highest BCUT2D eigenvalue weighted by molar-refractivity contribution is 7.08. The number of carbonyl (C=O) groups excluding carboxylic acids is 2. The van der Waals surface area contributed by atoms with Crippen molar-refractivity contribution < 1.29 is 18.8 Å². The molecule has 0 aromatic carbocycles. The highest BCUT2D eigenvalue weighted by Gasteiger charge is 2.32. The van der Waals surface area contributed by atoms with Crippen molar-refractivity contribution in [2.45, 2.75) is 45.1 Å². The van der Waals surface area contributed by atoms with Gasteiger partial charge in [0.15, 0.2) is 0 Å². The number of nitrogens with zero attached hydrogens (tertiary/aromatic N) is 3. The summed E-state index contributed by atoms with van der Waals surface area (Å²) in [6, 6.07) is 2.18. The highest BCUT2D eigenvalue weighted by atomic mass is 32.1. The summed E-state index contributed by atoms with van der Waals surface area (Å²) in [5, 5.41) is 7.84. The fraction of sp³-hybridized carbons (Fsp3) is 0.529. The van der Waals surface area contributed by atoms with Gasteiger partial charge in [-0.25, -0.2) is 0 Å². The van der Waals surface area contributed by atoms with Gasteiger partial charge in [-0.05, 0) is 31.2 Å². The number of hydrogen-bond donors (Lipinski definition) is 0. The van der Waals surface area contributed by atoms with Gasteiger partial charge in [0.2, 0.25) is 17.6 Å². The SMILES string of the molecule is CCOC(=O)CCN(C(=O)CCc1nc(-c2ccsc2)no1)C1CC1. The summed E-state index contributed by atoms with van der Waals surface area (Å²) in [4.78, 5) is 30.1. The number of thiophene rings is 1. The zero-order valence-electron chi connectivity index (χ0n) is 14.1. The van der Waals surface area contributed by atoms with E-state index in [4.69, 9.17) is 9.26 Å². The van der Waals surface area contributed by atoms with Gasteiger partial charge in [0, 0.05) is 36.4 Å². The van der Waals surface area contributed by atoms with Crippen molar-refractivity contribution in [1.29, 1.82) is 0 Å². The van der Waals surface area contributed by atoms with E-state index in [1.54, 1.807) is 23.2 Å². The van der Waals surface area contributed by atoms with Crippen LogP contribution in [0, 0.1) is 0 Å². The third kappa shape index (κ3) is 4.88. The van der Waals surface area contributed by atoms with E-state index in [0.29, 0.717) is 37.7 Å². The molecule has 0 spiro atoms. The zero-order chi connectivity index (χ0) is 17.6. The fourth-order valence-electron chi connectivity index (χ4n) is 2.56. The van der Waals surface area contributed by atoms with Crippen LogP contribution in [0.4, 0.5) is 0 Å². The van der Waals surface area contributed by atoms with Gasteiger partial charge in [0.25, 0.3) is 0 Å². The van der Waals surface area contributed by atoms with E-state index in [9.17, 15) is 9.59 Å². The summed E-state index contributed by atoms with van der Waals surface area (Å²) in [7, 11) is 0. The van der Waals surface area contributed by atoms with Crippen molar-refractivity contribution in [2.75, 3.05) is 13.2 Å². The minimum absolute atomic E-state index is 0.0158. The first kappa shape index (κ1) is 17.6. The van der Waals surface area contributed by atoms with Gasteiger partial charge in [0.1, 0.15) is 0 Å². The topological polar surface area (TPSA) is 85.5 Å². The predicted molar refractivity (Wildman–Crippen MR) is 91.9 cm³/mol. The molecule has 0 N–H and O–H groups in total. The lowest BCUT2D eigenvalue weighted by Crippen LogP contribution is -2.35. The number of aromatic nitrogens is 2. The first-order valence-electron chi connectivity index (χ1n) is 8.47. The Morgan fingerprint density at radius 2 is 2.24 bits per heavy atom. The Morgan fingerprint density at radius 1 is 1.40 bits per heavy atom. The number of carbonyl (C=O) groups is 2. The first-order valence-corrected chi connectivity index (χ1v) is 9.42. The van der Waals surface area contributed by atoms with Gasteiger partial charge in [-0.2, -0.15) is 16.3 Å². The van der Waals surface area contributed by atoms with Crippen molar-refractivity contribution in [3.63, 3.8) is 0 Å². The van der Waals surface area contributed by atoms with Crippen molar-refractivity contribution in [3.05, 3.63) is 22.7 Å². The largest absolute Gasteiger partial charge is 0.466 e. The molecule has 1 aliphatic carbocycles. The first-order chi connectivity index (χ1) is 12.2. The van der Waals surface area contributed by atoms with Crippen molar-refractivity contribution in [2.24, 2.45) is 0 Å². The average molecular weight is 363 g/mol. The van der Waals surface area contributed by atoms with Crippen LogP contribution >= 0.6 is 11.3 Å². The molecule has 0 unspecified atom stereocenters. The van der Waals surface area contributed by atoms with Gasteiger partial charge in [-0.1, -0.05) is 5.16 Å². The third-order valence-corrected chi connectivity index (χ3v) is 4.65. The maximum absolute atomic E-state index is 12.5. The van der Waals surface area contributed by atoms with E-state index in [-0.39, 0.29) is 24.3 Å². The molecule has 2 aromatic rings. The smallest absolute Gasteiger partial charge is 0.307 e. The molecule has 8 heteroatoms. The van der Waals surface area contributed by atoms with Gasteiger partial charge < -0.3 is 14.2 Å². The van der Waals surface area contributed by atoms with Crippen LogP contribution in [0.15, 0.2) is 21.3 Å². The van der Waals surface area contributed by atoms with Crippen LogP contribution in [-0.2, 0) is 20.7 Å². The monoisotopic (exact) mass is 363 g/mol. The molecule has 0 atom stereocenters. The van der Waals surface area contributed by atoms with Crippen LogP contribution in [0.25, 0.3) is 11.4 Å². The Kier molecular flexibility index (Phi) is 5.80. The summed E-state index contributed by atoms with van der Waals surface area (Å²) < 4.78 is 10.2. The molecule has 134 valence electrons. The second kappa shape index (κ2) is 8.24. The number of rotatable bonds is 9. The van der Waals surface area contributed by atoms with E-state index in [2.05, 4.69) is 10.1 Å². The summed E-state index contributed by atoms with van der Waals surface area (Å²) in [5.74, 6) is 0.751. The Hall–Kier alpha value is -2.22. The van der Waals surface area contributed by atoms with Gasteiger partial charge in [-0.15, -0.1) is 0 Å². The lowest BCUT2D eigenvalue weighted by molar-refractivity contribution is -0.144. The van der Waals surface area contributed by atoms with E-state index in [1.807, 2.05) is 16.8 Å². The molecule has 0 radical (unpaired) electrons. The molecule has 1 saturated carbocycles. The van der Waals surface area contributed by atoms with Crippen LogP contribution in [0.1, 0.15) is 38.5 Å². The quantitative estimate of drug-likeness (QED) is 0.637. The maximum atomic E-state index is 12.5. The summed E-state index contributed by atoms with van der Waals surface area (Å²) in [5.41, 5.74) is 0.917. The number of esters is 1. The predicted octanol–water partition coefficient (Wildman–Crippen LogP) is 2.67. The minimum atomic E-state index is -0.266. The molecule has 7 nitrogen and oxygen atoms in total.